The van der Waals surface area contributed by atoms with Crippen LogP contribution in [0, 0.1) is 12.7 Å². The smallest absolute Gasteiger partial charge is 0.239 e. The lowest BCUT2D eigenvalue weighted by Crippen LogP contribution is -2.51. The number of aromatic nitrogens is 2. The van der Waals surface area contributed by atoms with E-state index in [-0.39, 0.29) is 24.2 Å². The lowest BCUT2D eigenvalue weighted by molar-refractivity contribution is -0.123. The predicted octanol–water partition coefficient (Wildman–Crippen LogP) is 1.03. The minimum atomic E-state index is -0.328. The molecule has 174 valence electrons. The van der Waals surface area contributed by atoms with E-state index in [4.69, 9.17) is 4.74 Å². The van der Waals surface area contributed by atoms with Gasteiger partial charge in [-0.3, -0.25) is 19.4 Å². The summed E-state index contributed by atoms with van der Waals surface area (Å²) in [6.07, 6.45) is 0.796. The third kappa shape index (κ3) is 7.11. The summed E-state index contributed by atoms with van der Waals surface area (Å²) >= 11 is 0. The number of piperazine rings is 1. The Labute approximate surface area is 187 Å². The van der Waals surface area contributed by atoms with Gasteiger partial charge >= 0.3 is 0 Å². The molecule has 1 aromatic heterocycles. The van der Waals surface area contributed by atoms with Gasteiger partial charge in [0.2, 0.25) is 11.8 Å². The number of hydrogen-bond donors (Lipinski definition) is 2. The Bertz CT molecular complexity index is 894. The molecule has 0 bridgehead atoms. The van der Waals surface area contributed by atoms with Gasteiger partial charge in [-0.2, -0.15) is 5.10 Å². The summed E-state index contributed by atoms with van der Waals surface area (Å²) in [4.78, 5) is 28.8. The van der Waals surface area contributed by atoms with E-state index < -0.39 is 0 Å². The Kier molecular flexibility index (Phi) is 8.72. The average Bonchev–Trinajstić information content (AvgIpc) is 3.13. The van der Waals surface area contributed by atoms with Gasteiger partial charge < -0.3 is 15.4 Å². The summed E-state index contributed by atoms with van der Waals surface area (Å²) in [5.41, 5.74) is 1.42. The van der Waals surface area contributed by atoms with Crippen molar-refractivity contribution in [2.24, 2.45) is 0 Å². The topological polar surface area (TPSA) is 91.7 Å². The molecule has 3 rings (SSSR count). The van der Waals surface area contributed by atoms with Crippen LogP contribution in [0.1, 0.15) is 12.1 Å². The van der Waals surface area contributed by atoms with Crippen molar-refractivity contribution in [2.75, 3.05) is 64.8 Å². The Morgan fingerprint density at radius 3 is 2.31 bits per heavy atom. The second-order valence-electron chi connectivity index (χ2n) is 7.86. The number of hydrogen-bond acceptors (Lipinski definition) is 6. The van der Waals surface area contributed by atoms with Gasteiger partial charge in [0.15, 0.2) is 0 Å². The van der Waals surface area contributed by atoms with E-state index in [9.17, 15) is 14.0 Å². The predicted molar refractivity (Wildman–Crippen MR) is 119 cm³/mol. The van der Waals surface area contributed by atoms with Crippen LogP contribution in [-0.2, 0) is 14.3 Å². The molecule has 2 heterocycles. The summed E-state index contributed by atoms with van der Waals surface area (Å²) in [6, 6.07) is 7.73. The molecule has 1 fully saturated rings. The van der Waals surface area contributed by atoms with Crippen molar-refractivity contribution in [1.82, 2.24) is 24.9 Å². The number of aryl methyl sites for hydroxylation is 1. The molecule has 1 aliphatic rings. The first-order valence-corrected chi connectivity index (χ1v) is 10.8. The fourth-order valence-electron chi connectivity index (χ4n) is 3.56. The van der Waals surface area contributed by atoms with E-state index in [0.29, 0.717) is 44.3 Å². The molecule has 1 aliphatic heterocycles. The normalized spacial score (nSPS) is 15.0. The number of anilines is 1. The van der Waals surface area contributed by atoms with Gasteiger partial charge in [0.25, 0.3) is 0 Å². The Morgan fingerprint density at radius 1 is 1.06 bits per heavy atom. The van der Waals surface area contributed by atoms with Crippen LogP contribution in [-0.4, -0.2) is 90.9 Å². The Balaban J connectivity index is 1.44. The van der Waals surface area contributed by atoms with Gasteiger partial charge in [-0.15, -0.1) is 0 Å². The second kappa shape index (κ2) is 11.7. The number of carbonyl (C=O) groups is 2. The molecule has 1 aromatic carbocycles. The van der Waals surface area contributed by atoms with Crippen LogP contribution in [0.3, 0.4) is 0 Å². The van der Waals surface area contributed by atoms with Gasteiger partial charge in [-0.05, 0) is 37.6 Å². The van der Waals surface area contributed by atoms with Crippen LogP contribution >= 0.6 is 0 Å². The lowest BCUT2D eigenvalue weighted by Gasteiger charge is -2.33. The van der Waals surface area contributed by atoms with Gasteiger partial charge in [0.1, 0.15) is 11.6 Å². The number of amides is 2. The minimum Gasteiger partial charge on any atom is -0.385 e. The molecule has 1 saturated heterocycles. The van der Waals surface area contributed by atoms with Crippen molar-refractivity contribution in [3.8, 4) is 5.69 Å². The van der Waals surface area contributed by atoms with Crippen LogP contribution in [0.2, 0.25) is 0 Å². The molecule has 0 saturated carbocycles. The molecule has 0 unspecified atom stereocenters. The molecule has 0 aliphatic carbocycles. The highest BCUT2D eigenvalue weighted by atomic mass is 19.1. The maximum atomic E-state index is 13.2. The summed E-state index contributed by atoms with van der Waals surface area (Å²) in [6.45, 7) is 6.57. The number of halogens is 1. The summed E-state index contributed by atoms with van der Waals surface area (Å²) in [7, 11) is 1.64. The highest BCUT2D eigenvalue weighted by Crippen LogP contribution is 2.17. The number of carbonyl (C=O) groups excluding carboxylic acids is 2. The second-order valence-corrected chi connectivity index (χ2v) is 7.86. The number of methoxy groups -OCH3 is 1. The molecule has 9 nitrogen and oxygen atoms in total. The van der Waals surface area contributed by atoms with Crippen molar-refractivity contribution in [3.05, 3.63) is 41.8 Å². The zero-order valence-corrected chi connectivity index (χ0v) is 18.6. The quantitative estimate of drug-likeness (QED) is 0.530. The molecule has 2 N–H and O–H groups in total. The third-order valence-corrected chi connectivity index (χ3v) is 5.22. The first kappa shape index (κ1) is 23.8. The van der Waals surface area contributed by atoms with Gasteiger partial charge in [-0.25, -0.2) is 9.07 Å². The van der Waals surface area contributed by atoms with Crippen molar-refractivity contribution in [3.63, 3.8) is 0 Å². The van der Waals surface area contributed by atoms with Gasteiger partial charge in [-0.1, -0.05) is 0 Å². The van der Waals surface area contributed by atoms with Crippen LogP contribution < -0.4 is 10.6 Å². The van der Waals surface area contributed by atoms with Gasteiger partial charge in [0, 0.05) is 52.5 Å². The van der Waals surface area contributed by atoms with E-state index in [1.807, 2.05) is 6.92 Å². The third-order valence-electron chi connectivity index (χ3n) is 5.22. The zero-order chi connectivity index (χ0) is 22.9. The van der Waals surface area contributed by atoms with Gasteiger partial charge in [0.05, 0.1) is 24.5 Å². The fourth-order valence-corrected chi connectivity index (χ4v) is 3.56. The highest BCUT2D eigenvalue weighted by molar-refractivity contribution is 5.91. The number of ether oxygens (including phenoxy) is 1. The van der Waals surface area contributed by atoms with Crippen molar-refractivity contribution in [2.45, 2.75) is 13.3 Å². The highest BCUT2D eigenvalue weighted by Gasteiger charge is 2.21. The molecule has 0 atom stereocenters. The molecule has 0 spiro atoms. The Hall–Kier alpha value is -2.82. The maximum absolute atomic E-state index is 13.2. The fraction of sp³-hybridized carbons (Fsp3) is 0.500. The zero-order valence-electron chi connectivity index (χ0n) is 18.6. The van der Waals surface area contributed by atoms with Crippen LogP contribution in [0.15, 0.2) is 30.3 Å². The average molecular weight is 447 g/mol. The molecule has 2 amide bonds. The lowest BCUT2D eigenvalue weighted by atomic mass is 10.3. The van der Waals surface area contributed by atoms with Crippen molar-refractivity contribution >= 4 is 17.6 Å². The molecule has 32 heavy (non-hydrogen) atoms. The van der Waals surface area contributed by atoms with Crippen LogP contribution in [0.4, 0.5) is 10.2 Å². The molecule has 2 aromatic rings. The number of rotatable bonds is 10. The number of benzene rings is 1. The maximum Gasteiger partial charge on any atom is 0.239 e. The monoisotopic (exact) mass is 446 g/mol. The molecule has 0 radical (unpaired) electrons. The van der Waals surface area contributed by atoms with E-state index in [0.717, 1.165) is 25.2 Å². The van der Waals surface area contributed by atoms with E-state index >= 15 is 0 Å². The number of nitrogens with one attached hydrogen (secondary N) is 2. The molecular weight excluding hydrogens is 415 g/mol. The SMILES string of the molecule is COCCCNC(=O)CN1CCN(CC(=O)Nc2cc(C)nn2-c2ccc(F)cc2)CC1. The van der Waals surface area contributed by atoms with Crippen LogP contribution in [0.5, 0.6) is 0 Å². The first-order chi connectivity index (χ1) is 15.4. The van der Waals surface area contributed by atoms with E-state index in [2.05, 4.69) is 25.5 Å². The molecular formula is C22H31FN6O3. The van der Waals surface area contributed by atoms with Crippen LogP contribution in [0.25, 0.3) is 5.69 Å². The Morgan fingerprint density at radius 2 is 1.69 bits per heavy atom. The van der Waals surface area contributed by atoms with E-state index in [1.54, 1.807) is 30.0 Å². The summed E-state index contributed by atoms with van der Waals surface area (Å²) in [5, 5.41) is 10.2. The minimum absolute atomic E-state index is 0.0109. The van der Waals surface area contributed by atoms with Crippen molar-refractivity contribution in [1.29, 1.82) is 0 Å². The first-order valence-electron chi connectivity index (χ1n) is 10.8. The van der Waals surface area contributed by atoms with Crippen molar-refractivity contribution < 1.29 is 18.7 Å². The van der Waals surface area contributed by atoms with E-state index in [1.165, 1.54) is 12.1 Å². The molecule has 10 heteroatoms. The largest absolute Gasteiger partial charge is 0.385 e. The number of nitrogens with zero attached hydrogens (tertiary/aromatic N) is 4. The summed E-state index contributed by atoms with van der Waals surface area (Å²) < 4.78 is 19.8. The standard InChI is InChI=1S/C22H31FN6O3/c1-17-14-20(29(26-17)19-6-4-18(23)5-7-19)25-22(31)16-28-11-9-27(10-12-28)15-21(30)24-8-3-13-32-2/h4-7,14H,3,8-13,15-16H2,1-2H3,(H,24,30)(H,25,31). The summed E-state index contributed by atoms with van der Waals surface area (Å²) in [5.74, 6) is 0.0862.